The molecule has 4 aliphatic rings. The molecule has 1 N–H and O–H groups in total. The Balaban J connectivity index is 1.78. The standard InChI is InChI=1S/C19H27NO2/c1-18-7-3-4-14(18)13-11-17(20-22)16-10-12(21)5-9-19(16,2)15(13)6-8-18/h10,13-15,22H,3-9,11H2,1-2H3/t13-,14-,15-,18-,19+/m0/s1. The first-order chi connectivity index (χ1) is 10.5. The number of carbonyl (C=O) groups excluding carboxylic acids is 1. The molecule has 0 aromatic carbocycles. The molecule has 0 aromatic heterocycles. The highest BCUT2D eigenvalue weighted by molar-refractivity contribution is 6.08. The predicted octanol–water partition coefficient (Wildman–Crippen LogP) is 4.35. The monoisotopic (exact) mass is 301 g/mol. The first-order valence-corrected chi connectivity index (χ1v) is 8.94. The van der Waals surface area contributed by atoms with Crippen molar-refractivity contribution in [1.82, 2.24) is 0 Å². The Labute approximate surface area is 132 Å². The second-order valence-corrected chi connectivity index (χ2v) is 8.65. The summed E-state index contributed by atoms with van der Waals surface area (Å²) < 4.78 is 0. The van der Waals surface area contributed by atoms with Crippen molar-refractivity contribution in [3.63, 3.8) is 0 Å². The first-order valence-electron chi connectivity index (χ1n) is 8.94. The Hall–Kier alpha value is -1.12. The van der Waals surface area contributed by atoms with Gasteiger partial charge in [0, 0.05) is 6.42 Å². The molecule has 0 heterocycles. The lowest BCUT2D eigenvalue weighted by atomic mass is 9.47. The molecule has 5 atom stereocenters. The summed E-state index contributed by atoms with van der Waals surface area (Å²) in [6, 6.07) is 0. The lowest BCUT2D eigenvalue weighted by molar-refractivity contribution is -0.116. The van der Waals surface area contributed by atoms with Crippen LogP contribution in [0.2, 0.25) is 0 Å². The van der Waals surface area contributed by atoms with E-state index in [1.165, 1.54) is 32.1 Å². The summed E-state index contributed by atoms with van der Waals surface area (Å²) in [5, 5.41) is 13.2. The maximum Gasteiger partial charge on any atom is 0.156 e. The number of ketones is 1. The van der Waals surface area contributed by atoms with Gasteiger partial charge in [-0.05, 0) is 78.8 Å². The van der Waals surface area contributed by atoms with Crippen molar-refractivity contribution in [1.29, 1.82) is 0 Å². The third-order valence-electron chi connectivity index (χ3n) is 7.71. The van der Waals surface area contributed by atoms with Gasteiger partial charge < -0.3 is 5.21 Å². The van der Waals surface area contributed by atoms with E-state index < -0.39 is 0 Å². The van der Waals surface area contributed by atoms with E-state index in [9.17, 15) is 10.0 Å². The highest BCUT2D eigenvalue weighted by atomic mass is 16.4. The average molecular weight is 301 g/mol. The smallest absolute Gasteiger partial charge is 0.156 e. The van der Waals surface area contributed by atoms with E-state index in [4.69, 9.17) is 0 Å². The fraction of sp³-hybridized carbons (Fsp3) is 0.789. The Morgan fingerprint density at radius 2 is 2.00 bits per heavy atom. The number of hydrogen-bond acceptors (Lipinski definition) is 3. The number of rotatable bonds is 0. The Kier molecular flexibility index (Phi) is 3.08. The van der Waals surface area contributed by atoms with Gasteiger partial charge in [0.2, 0.25) is 0 Å². The minimum Gasteiger partial charge on any atom is -0.411 e. The van der Waals surface area contributed by atoms with Gasteiger partial charge in [0.25, 0.3) is 0 Å². The highest BCUT2D eigenvalue weighted by Crippen LogP contribution is 2.64. The summed E-state index contributed by atoms with van der Waals surface area (Å²) >= 11 is 0. The second-order valence-electron chi connectivity index (χ2n) is 8.65. The molecule has 4 rings (SSSR count). The van der Waals surface area contributed by atoms with Crippen molar-refractivity contribution in [3.8, 4) is 0 Å². The number of hydrogen-bond donors (Lipinski definition) is 1. The zero-order valence-electron chi connectivity index (χ0n) is 13.8. The van der Waals surface area contributed by atoms with Gasteiger partial charge in [-0.15, -0.1) is 0 Å². The molecule has 0 unspecified atom stereocenters. The molecule has 0 radical (unpaired) electrons. The molecule has 22 heavy (non-hydrogen) atoms. The number of fused-ring (bicyclic) bond motifs is 5. The van der Waals surface area contributed by atoms with Gasteiger partial charge in [0.1, 0.15) is 0 Å². The minimum atomic E-state index is 0.0440. The van der Waals surface area contributed by atoms with Crippen LogP contribution in [0.15, 0.2) is 16.8 Å². The fourth-order valence-electron chi connectivity index (χ4n) is 6.50. The molecule has 0 bridgehead atoms. The largest absolute Gasteiger partial charge is 0.411 e. The molecule has 0 spiro atoms. The van der Waals surface area contributed by atoms with Crippen molar-refractivity contribution in [2.45, 2.75) is 65.2 Å². The van der Waals surface area contributed by atoms with Crippen LogP contribution in [-0.4, -0.2) is 16.7 Å². The number of carbonyl (C=O) groups is 1. The first kappa shape index (κ1) is 14.5. The summed E-state index contributed by atoms with van der Waals surface area (Å²) in [5.41, 5.74) is 2.40. The van der Waals surface area contributed by atoms with Crippen molar-refractivity contribution in [2.75, 3.05) is 0 Å². The topological polar surface area (TPSA) is 49.7 Å². The summed E-state index contributed by atoms with van der Waals surface area (Å²) in [6.45, 7) is 4.81. The van der Waals surface area contributed by atoms with Gasteiger partial charge in [-0.1, -0.05) is 25.4 Å². The van der Waals surface area contributed by atoms with Crippen molar-refractivity contribution >= 4 is 11.5 Å². The summed E-state index contributed by atoms with van der Waals surface area (Å²) in [4.78, 5) is 11.9. The molecule has 3 fully saturated rings. The van der Waals surface area contributed by atoms with Crippen LogP contribution in [0.1, 0.15) is 65.2 Å². The van der Waals surface area contributed by atoms with E-state index in [0.29, 0.717) is 23.7 Å². The SMILES string of the molecule is C[C@@]12CCC[C@H]1[C@@H]1CC(=NO)C3=CC(=O)CC[C@]3(C)[C@H]1CC2. The van der Waals surface area contributed by atoms with Crippen LogP contribution < -0.4 is 0 Å². The highest BCUT2D eigenvalue weighted by Gasteiger charge is 2.57. The van der Waals surface area contributed by atoms with Crippen LogP contribution in [-0.2, 0) is 4.79 Å². The van der Waals surface area contributed by atoms with E-state index in [0.717, 1.165) is 30.0 Å². The molecule has 0 aliphatic heterocycles. The van der Waals surface area contributed by atoms with Crippen molar-refractivity contribution in [2.24, 2.45) is 33.7 Å². The molecule has 0 aromatic rings. The molecule has 4 aliphatic carbocycles. The van der Waals surface area contributed by atoms with Crippen LogP contribution in [0, 0.1) is 28.6 Å². The quantitative estimate of drug-likeness (QED) is 0.534. The van der Waals surface area contributed by atoms with Gasteiger partial charge in [-0.25, -0.2) is 0 Å². The normalized spacial score (nSPS) is 49.4. The number of oxime groups is 1. The van der Waals surface area contributed by atoms with Gasteiger partial charge in [-0.2, -0.15) is 0 Å². The second kappa shape index (κ2) is 4.69. The molecule has 3 heteroatoms. The number of nitrogens with zero attached hydrogens (tertiary/aromatic N) is 1. The van der Waals surface area contributed by atoms with Gasteiger partial charge in [-0.3, -0.25) is 4.79 Å². The Morgan fingerprint density at radius 3 is 2.77 bits per heavy atom. The van der Waals surface area contributed by atoms with Crippen LogP contribution >= 0.6 is 0 Å². The Morgan fingerprint density at radius 1 is 1.18 bits per heavy atom. The summed E-state index contributed by atoms with van der Waals surface area (Å²) in [5.74, 6) is 2.28. The maximum absolute atomic E-state index is 11.9. The van der Waals surface area contributed by atoms with E-state index in [1.807, 2.05) is 0 Å². The van der Waals surface area contributed by atoms with Gasteiger partial charge >= 0.3 is 0 Å². The minimum absolute atomic E-state index is 0.0440. The molecule has 3 saturated carbocycles. The van der Waals surface area contributed by atoms with E-state index in [2.05, 4.69) is 19.0 Å². The van der Waals surface area contributed by atoms with E-state index in [-0.39, 0.29) is 11.2 Å². The molecular weight excluding hydrogens is 274 g/mol. The van der Waals surface area contributed by atoms with Crippen LogP contribution in [0.5, 0.6) is 0 Å². The van der Waals surface area contributed by atoms with E-state index in [1.54, 1.807) is 6.08 Å². The van der Waals surface area contributed by atoms with E-state index >= 15 is 0 Å². The molecule has 0 saturated heterocycles. The zero-order valence-corrected chi connectivity index (χ0v) is 13.8. The van der Waals surface area contributed by atoms with Crippen LogP contribution in [0.3, 0.4) is 0 Å². The van der Waals surface area contributed by atoms with Crippen LogP contribution in [0.4, 0.5) is 0 Å². The fourth-order valence-corrected chi connectivity index (χ4v) is 6.50. The lowest BCUT2D eigenvalue weighted by Gasteiger charge is -2.57. The van der Waals surface area contributed by atoms with Gasteiger partial charge in [0.15, 0.2) is 5.78 Å². The predicted molar refractivity (Wildman–Crippen MR) is 85.9 cm³/mol. The van der Waals surface area contributed by atoms with Crippen LogP contribution in [0.25, 0.3) is 0 Å². The zero-order chi connectivity index (χ0) is 15.5. The molecule has 3 nitrogen and oxygen atoms in total. The molecular formula is C19H27NO2. The van der Waals surface area contributed by atoms with Gasteiger partial charge in [0.05, 0.1) is 5.71 Å². The lowest BCUT2D eigenvalue weighted by Crippen LogP contribution is -2.52. The molecule has 0 amide bonds. The number of allylic oxidation sites excluding steroid dienone is 1. The average Bonchev–Trinajstić information content (AvgIpc) is 2.89. The maximum atomic E-state index is 11.9. The third kappa shape index (κ3) is 1.80. The molecule has 120 valence electrons. The summed E-state index contributed by atoms with van der Waals surface area (Å²) in [6.07, 6.45) is 10.9. The third-order valence-corrected chi connectivity index (χ3v) is 7.71. The Bertz CT molecular complexity index is 578. The van der Waals surface area contributed by atoms with Crippen molar-refractivity contribution in [3.05, 3.63) is 11.6 Å². The summed E-state index contributed by atoms with van der Waals surface area (Å²) in [7, 11) is 0. The van der Waals surface area contributed by atoms with Crippen molar-refractivity contribution < 1.29 is 10.0 Å².